The summed E-state index contributed by atoms with van der Waals surface area (Å²) in [5.41, 5.74) is 2.46. The first-order valence-electron chi connectivity index (χ1n) is 19.2. The molecule has 0 bridgehead atoms. The third-order valence-corrected chi connectivity index (χ3v) is 12.7. The second kappa shape index (κ2) is 16.4. The van der Waals surface area contributed by atoms with Crippen molar-refractivity contribution in [3.8, 4) is 5.75 Å². The van der Waals surface area contributed by atoms with Gasteiger partial charge in [-0.3, -0.25) is 0 Å². The molecule has 4 rings (SSSR count). The van der Waals surface area contributed by atoms with E-state index in [2.05, 4.69) is 98.9 Å². The van der Waals surface area contributed by atoms with Crippen LogP contribution in [0.1, 0.15) is 98.6 Å². The maximum atomic E-state index is 14.2. The lowest BCUT2D eigenvalue weighted by Crippen LogP contribution is -2.58. The molecule has 1 fully saturated rings. The maximum Gasteiger partial charge on any atom is 0.347 e. The molecule has 1 heterocycles. The Morgan fingerprint density at radius 3 is 2.29 bits per heavy atom. The van der Waals surface area contributed by atoms with E-state index in [4.69, 9.17) is 23.1 Å². The van der Waals surface area contributed by atoms with Gasteiger partial charge in [-0.25, -0.2) is 9.59 Å². The van der Waals surface area contributed by atoms with E-state index in [1.807, 2.05) is 32.9 Å². The van der Waals surface area contributed by atoms with E-state index in [9.17, 15) is 9.59 Å². The molecule has 0 aromatic heterocycles. The van der Waals surface area contributed by atoms with E-state index in [0.29, 0.717) is 31.4 Å². The first kappa shape index (κ1) is 41.5. The molecule has 51 heavy (non-hydrogen) atoms. The van der Waals surface area contributed by atoms with Gasteiger partial charge in [-0.2, -0.15) is 0 Å². The molecule has 1 aliphatic heterocycles. The normalized spacial score (nSPS) is 30.5. The molecule has 1 saturated heterocycles. The summed E-state index contributed by atoms with van der Waals surface area (Å²) in [6.45, 7) is 30.1. The smallest absolute Gasteiger partial charge is 0.347 e. The second-order valence-corrected chi connectivity index (χ2v) is 22.0. The molecule has 0 N–H and O–H groups in total. The van der Waals surface area contributed by atoms with Crippen LogP contribution in [0.3, 0.4) is 0 Å². The molecule has 1 aromatic carbocycles. The van der Waals surface area contributed by atoms with Crippen LogP contribution in [0.15, 0.2) is 42.0 Å². The molecule has 284 valence electrons. The third kappa shape index (κ3) is 9.87. The number of benzene rings is 1. The number of esters is 2. The number of allylic oxidation sites excluding steroid dienone is 2. The van der Waals surface area contributed by atoms with Gasteiger partial charge < -0.3 is 23.1 Å². The number of carbonyl (C=O) groups excluding carboxylic acids is 2. The van der Waals surface area contributed by atoms with Crippen LogP contribution in [0.5, 0.6) is 5.75 Å². The van der Waals surface area contributed by atoms with E-state index in [-0.39, 0.29) is 52.5 Å². The Kier molecular flexibility index (Phi) is 13.4. The van der Waals surface area contributed by atoms with Crippen LogP contribution < -0.4 is 4.74 Å². The van der Waals surface area contributed by atoms with Crippen molar-refractivity contribution in [2.45, 2.75) is 158 Å². The van der Waals surface area contributed by atoms with Crippen LogP contribution in [-0.2, 0) is 27.9 Å². The van der Waals surface area contributed by atoms with E-state index in [0.717, 1.165) is 17.5 Å². The zero-order valence-electron chi connectivity index (χ0n) is 34.0. The molecule has 2 unspecified atom stereocenters. The molecule has 9 atom stereocenters. The minimum absolute atomic E-state index is 0.0260. The lowest BCUT2D eigenvalue weighted by molar-refractivity contribution is -0.180. The predicted octanol–water partition coefficient (Wildman–Crippen LogP) is 9.59. The second-order valence-electron chi connectivity index (χ2n) is 18.0. The monoisotopic (exact) mass is 738 g/mol. The fourth-order valence-electron chi connectivity index (χ4n) is 8.27. The van der Waals surface area contributed by atoms with Gasteiger partial charge in [0.2, 0.25) is 18.1 Å². The molecule has 9 heteroatoms. The van der Waals surface area contributed by atoms with Gasteiger partial charge >= 0.3 is 11.9 Å². The lowest BCUT2D eigenvalue weighted by atomic mass is 9.59. The lowest BCUT2D eigenvalue weighted by Gasteiger charge is -2.54. The molecule has 2 aliphatic carbocycles. The van der Waals surface area contributed by atoms with Crippen molar-refractivity contribution in [1.82, 2.24) is 0 Å². The summed E-state index contributed by atoms with van der Waals surface area (Å²) in [4.78, 5) is 27.7. The average Bonchev–Trinajstić information content (AvgIpc) is 3.01. The van der Waals surface area contributed by atoms with Crippen LogP contribution in [0.25, 0.3) is 0 Å². The summed E-state index contributed by atoms with van der Waals surface area (Å²) in [6.07, 6.45) is 8.29. The number of rotatable bonds is 12. The first-order chi connectivity index (χ1) is 23.7. The number of ether oxygens (including phenoxy) is 3. The topological polar surface area (TPSA) is 80.3 Å². The molecule has 0 saturated carbocycles. The SMILES string of the molecule is CCC(Oc1cc(C)ccc1C)C(=O)O[C@H]1C[C@H](C(C)(C)C)C=C2C=C[C@H](C)[C@](CC[C@@H]3C[C@H](C(C)(C)C)C(O[Si](C)C)C(=O)O3)(O[Si](C)C)[C@H]21. The molecule has 7 nitrogen and oxygen atoms in total. The van der Waals surface area contributed by atoms with Gasteiger partial charge in [0, 0.05) is 17.8 Å². The van der Waals surface area contributed by atoms with Crippen LogP contribution in [-0.4, -0.2) is 60.0 Å². The Hall–Kier alpha value is -2.21. The third-order valence-electron chi connectivity index (χ3n) is 11.2. The van der Waals surface area contributed by atoms with Crippen LogP contribution >= 0.6 is 0 Å². The fraction of sp³-hybridized carbons (Fsp3) is 0.714. The standard InChI is InChI=1S/C42H66O7Si2/c1-15-33(46-34-22-26(2)16-17-27(34)3)38(43)47-35-24-30(40(5,6)7)23-29-19-18-28(4)42(36(29)35,49-51(13)14)21-20-31-25-32(41(8,9)10)37(39(44)45-31)48-50(11)12/h16-19,22-23,28,30-33,35-37H,15,20-21,24-25H2,1-14H3/t28-,30+,31+,32-,33?,35-,36+,37?,42-/m0/s1. The number of hydrogen-bond acceptors (Lipinski definition) is 7. The van der Waals surface area contributed by atoms with Gasteiger partial charge in [0.15, 0.2) is 6.10 Å². The van der Waals surface area contributed by atoms with Crippen LogP contribution in [0, 0.1) is 48.3 Å². The van der Waals surface area contributed by atoms with Crippen molar-refractivity contribution in [1.29, 1.82) is 0 Å². The Morgan fingerprint density at radius 2 is 1.71 bits per heavy atom. The highest BCUT2D eigenvalue weighted by Crippen LogP contribution is 2.53. The van der Waals surface area contributed by atoms with Crippen molar-refractivity contribution in [2.75, 3.05) is 0 Å². The predicted molar refractivity (Wildman–Crippen MR) is 208 cm³/mol. The largest absolute Gasteiger partial charge is 0.478 e. The van der Waals surface area contributed by atoms with E-state index < -0.39 is 42.0 Å². The van der Waals surface area contributed by atoms with Crippen molar-refractivity contribution in [3.05, 3.63) is 53.1 Å². The van der Waals surface area contributed by atoms with Gasteiger partial charge in [-0.15, -0.1) is 0 Å². The Bertz CT molecular complexity index is 1440. The number of aryl methyl sites for hydroxylation is 2. The minimum Gasteiger partial charge on any atom is -0.478 e. The minimum atomic E-state index is -1.20. The number of fused-ring (bicyclic) bond motifs is 1. The van der Waals surface area contributed by atoms with Crippen molar-refractivity contribution < 1.29 is 32.7 Å². The Morgan fingerprint density at radius 1 is 1.02 bits per heavy atom. The fourth-order valence-corrected chi connectivity index (χ4v) is 10.2. The van der Waals surface area contributed by atoms with Gasteiger partial charge in [0.05, 0.1) is 5.60 Å². The summed E-state index contributed by atoms with van der Waals surface area (Å²) < 4.78 is 32.7. The first-order valence-corrected chi connectivity index (χ1v) is 24.0. The van der Waals surface area contributed by atoms with Gasteiger partial charge in [0.25, 0.3) is 0 Å². The number of carbonyl (C=O) groups is 2. The van der Waals surface area contributed by atoms with Crippen molar-refractivity contribution in [3.63, 3.8) is 0 Å². The van der Waals surface area contributed by atoms with Gasteiger partial charge in [-0.1, -0.05) is 85.8 Å². The van der Waals surface area contributed by atoms with Gasteiger partial charge in [0.1, 0.15) is 24.1 Å². The highest BCUT2D eigenvalue weighted by molar-refractivity contribution is 6.49. The van der Waals surface area contributed by atoms with E-state index in [1.54, 1.807) is 0 Å². The summed E-state index contributed by atoms with van der Waals surface area (Å²) >= 11 is 0. The molecule has 0 amide bonds. The molecule has 3 aliphatic rings. The maximum absolute atomic E-state index is 14.2. The summed E-state index contributed by atoms with van der Waals surface area (Å²) in [6, 6.07) is 6.06. The van der Waals surface area contributed by atoms with Gasteiger partial charge in [-0.05, 0) is 112 Å². The zero-order valence-corrected chi connectivity index (χ0v) is 36.0. The summed E-state index contributed by atoms with van der Waals surface area (Å²) in [7, 11) is -2.29. The van der Waals surface area contributed by atoms with E-state index >= 15 is 0 Å². The zero-order chi connectivity index (χ0) is 38.1. The molecular weight excluding hydrogens is 673 g/mol. The van der Waals surface area contributed by atoms with Crippen molar-refractivity contribution in [2.24, 2.45) is 34.5 Å². The quantitative estimate of drug-likeness (QED) is 0.156. The number of hydrogen-bond donors (Lipinski definition) is 0. The average molecular weight is 739 g/mol. The Labute approximate surface area is 312 Å². The van der Waals surface area contributed by atoms with Crippen LogP contribution in [0.4, 0.5) is 0 Å². The van der Waals surface area contributed by atoms with Crippen molar-refractivity contribution >= 4 is 30.0 Å². The molecule has 0 spiro atoms. The summed E-state index contributed by atoms with van der Waals surface area (Å²) in [5, 5.41) is 0. The molecule has 1 aromatic rings. The highest BCUT2D eigenvalue weighted by Gasteiger charge is 2.55. The van der Waals surface area contributed by atoms with Crippen LogP contribution in [0.2, 0.25) is 26.2 Å². The summed E-state index contributed by atoms with van der Waals surface area (Å²) in [5.74, 6) is 0.280. The Balaban J connectivity index is 1.70. The van der Waals surface area contributed by atoms with E-state index in [1.165, 1.54) is 5.57 Å². The highest BCUT2D eigenvalue weighted by atomic mass is 28.3. The number of cyclic esters (lactones) is 1. The molecular formula is C42H66O7Si2. The molecule has 2 radical (unpaired) electrons.